The van der Waals surface area contributed by atoms with E-state index in [1.165, 1.54) is 0 Å². The van der Waals surface area contributed by atoms with Gasteiger partial charge in [-0.25, -0.2) is 4.98 Å². The number of ether oxygens (including phenoxy) is 1. The largest absolute Gasteiger partial charge is 0.491 e. The van der Waals surface area contributed by atoms with E-state index in [2.05, 4.69) is 23.0 Å². The van der Waals surface area contributed by atoms with Gasteiger partial charge < -0.3 is 9.72 Å². The number of fused-ring (bicyclic) bond motifs is 1. The summed E-state index contributed by atoms with van der Waals surface area (Å²) in [4.78, 5) is 7.74. The van der Waals surface area contributed by atoms with E-state index in [-0.39, 0.29) is 6.10 Å². The lowest BCUT2D eigenvalue weighted by atomic mass is 10.1. The van der Waals surface area contributed by atoms with Crippen molar-refractivity contribution in [1.82, 2.24) is 9.97 Å². The second-order valence-electron chi connectivity index (χ2n) is 6.18. The highest BCUT2D eigenvalue weighted by atomic mass is 16.5. The minimum atomic E-state index is 0.190. The molecule has 1 N–H and O–H groups in total. The number of H-pyrrole nitrogens is 1. The summed E-state index contributed by atoms with van der Waals surface area (Å²) in [5.74, 6) is 1.42. The van der Waals surface area contributed by atoms with Crippen LogP contribution in [0.25, 0.3) is 22.7 Å². The summed E-state index contributed by atoms with van der Waals surface area (Å²) < 4.78 is 5.78. The van der Waals surface area contributed by atoms with Crippen LogP contribution in [0.3, 0.4) is 0 Å². The number of aromatic amines is 1. The predicted molar refractivity (Wildman–Crippen MR) is 101 cm³/mol. The lowest BCUT2D eigenvalue weighted by Gasteiger charge is -2.12. The second kappa shape index (κ2) is 7.23. The molecule has 1 atom stereocenters. The van der Waals surface area contributed by atoms with Crippen LogP contribution in [0, 0.1) is 18.3 Å². The number of imidazole rings is 1. The molecular weight excluding hydrogens is 310 g/mol. The van der Waals surface area contributed by atoms with Gasteiger partial charge in [0.05, 0.1) is 22.7 Å². The number of aryl methyl sites for hydroxylation is 1. The fraction of sp³-hybridized carbons (Fsp3) is 0.238. The molecule has 3 aromatic rings. The Morgan fingerprint density at radius 2 is 2.04 bits per heavy atom. The zero-order valence-electron chi connectivity index (χ0n) is 14.7. The van der Waals surface area contributed by atoms with Gasteiger partial charge in [0.15, 0.2) is 0 Å². The van der Waals surface area contributed by atoms with E-state index in [0.29, 0.717) is 11.4 Å². The first-order valence-corrected chi connectivity index (χ1v) is 8.44. The molecule has 0 fully saturated rings. The van der Waals surface area contributed by atoms with Gasteiger partial charge in [0.25, 0.3) is 0 Å². The topological polar surface area (TPSA) is 61.7 Å². The Kier molecular flexibility index (Phi) is 4.85. The summed E-state index contributed by atoms with van der Waals surface area (Å²) >= 11 is 0. The molecule has 3 rings (SSSR count). The first kappa shape index (κ1) is 16.8. The Labute approximate surface area is 147 Å². The number of nitrogens with zero attached hydrogens (tertiary/aromatic N) is 2. The van der Waals surface area contributed by atoms with E-state index in [9.17, 15) is 5.26 Å². The maximum atomic E-state index is 9.52. The quantitative estimate of drug-likeness (QED) is 0.661. The van der Waals surface area contributed by atoms with Crippen LogP contribution in [-0.4, -0.2) is 16.1 Å². The van der Waals surface area contributed by atoms with Gasteiger partial charge in [-0.2, -0.15) is 5.26 Å². The van der Waals surface area contributed by atoms with E-state index in [1.54, 1.807) is 0 Å². The molecule has 1 heterocycles. The lowest BCUT2D eigenvalue weighted by Crippen LogP contribution is -2.09. The van der Waals surface area contributed by atoms with Crippen LogP contribution < -0.4 is 4.74 Å². The van der Waals surface area contributed by atoms with E-state index >= 15 is 0 Å². The highest BCUT2D eigenvalue weighted by molar-refractivity contribution is 5.90. The van der Waals surface area contributed by atoms with Crippen molar-refractivity contribution in [2.24, 2.45) is 0 Å². The van der Waals surface area contributed by atoms with E-state index < -0.39 is 0 Å². The molecule has 0 amide bonds. The predicted octanol–water partition coefficient (Wildman–Crippen LogP) is 5.11. The smallest absolute Gasteiger partial charge is 0.149 e. The van der Waals surface area contributed by atoms with E-state index in [0.717, 1.165) is 34.3 Å². The summed E-state index contributed by atoms with van der Waals surface area (Å²) in [6.07, 6.45) is 2.98. The van der Waals surface area contributed by atoms with Gasteiger partial charge in [-0.1, -0.05) is 25.1 Å². The van der Waals surface area contributed by atoms with Gasteiger partial charge in [0, 0.05) is 0 Å². The minimum Gasteiger partial charge on any atom is -0.491 e. The lowest BCUT2D eigenvalue weighted by molar-refractivity contribution is 0.217. The summed E-state index contributed by atoms with van der Waals surface area (Å²) in [6, 6.07) is 16.0. The van der Waals surface area contributed by atoms with Crippen LogP contribution in [0.5, 0.6) is 5.75 Å². The van der Waals surface area contributed by atoms with Crippen molar-refractivity contribution in [2.45, 2.75) is 33.3 Å². The Hall–Kier alpha value is -3.06. The molecule has 4 heteroatoms. The van der Waals surface area contributed by atoms with Crippen molar-refractivity contribution in [1.29, 1.82) is 5.26 Å². The third-order valence-electron chi connectivity index (χ3n) is 4.12. The van der Waals surface area contributed by atoms with Crippen LogP contribution in [0.2, 0.25) is 0 Å². The van der Waals surface area contributed by atoms with Gasteiger partial charge in [0.1, 0.15) is 17.6 Å². The molecule has 25 heavy (non-hydrogen) atoms. The van der Waals surface area contributed by atoms with Crippen LogP contribution in [0.1, 0.15) is 37.2 Å². The maximum absolute atomic E-state index is 9.52. The molecule has 0 aliphatic carbocycles. The first-order chi connectivity index (χ1) is 12.1. The van der Waals surface area contributed by atoms with Gasteiger partial charge in [0.2, 0.25) is 0 Å². The molecule has 0 aliphatic heterocycles. The highest BCUT2D eigenvalue weighted by Gasteiger charge is 2.08. The number of hydrogen-bond acceptors (Lipinski definition) is 3. The molecule has 0 saturated carbocycles. The Balaban J connectivity index is 1.87. The maximum Gasteiger partial charge on any atom is 0.149 e. The second-order valence-corrected chi connectivity index (χ2v) is 6.18. The molecule has 126 valence electrons. The van der Waals surface area contributed by atoms with E-state index in [1.807, 2.05) is 62.4 Å². The van der Waals surface area contributed by atoms with Crippen molar-refractivity contribution < 1.29 is 4.74 Å². The van der Waals surface area contributed by atoms with Crippen LogP contribution in [0.15, 0.2) is 42.5 Å². The van der Waals surface area contributed by atoms with E-state index in [4.69, 9.17) is 4.74 Å². The molecule has 4 nitrogen and oxygen atoms in total. The fourth-order valence-electron chi connectivity index (χ4n) is 2.53. The highest BCUT2D eigenvalue weighted by Crippen LogP contribution is 2.21. The number of benzene rings is 2. The monoisotopic (exact) mass is 331 g/mol. The standard InChI is InChI=1S/C21H21N3O/c1-4-15(3)25-18-8-6-16(7-9-18)12-17(13-22)21-23-19-10-5-14(2)11-20(19)24-21/h5-12,15H,4H2,1-3H3,(H,23,24)/b17-12-/t15-/m1/s1. The number of hydrogen-bond donors (Lipinski definition) is 1. The molecule has 0 unspecified atom stereocenters. The third kappa shape index (κ3) is 3.89. The summed E-state index contributed by atoms with van der Waals surface area (Å²) in [6.45, 7) is 6.17. The molecule has 0 saturated heterocycles. The van der Waals surface area contributed by atoms with Crippen LogP contribution in [-0.2, 0) is 0 Å². The zero-order valence-corrected chi connectivity index (χ0v) is 14.7. The summed E-state index contributed by atoms with van der Waals surface area (Å²) in [7, 11) is 0. The van der Waals surface area contributed by atoms with Crippen molar-refractivity contribution in [3.8, 4) is 11.8 Å². The van der Waals surface area contributed by atoms with Crippen LogP contribution in [0.4, 0.5) is 0 Å². The molecule has 0 spiro atoms. The van der Waals surface area contributed by atoms with Gasteiger partial charge in [-0.3, -0.25) is 0 Å². The van der Waals surface area contributed by atoms with Crippen LogP contribution >= 0.6 is 0 Å². The fourth-order valence-corrected chi connectivity index (χ4v) is 2.53. The molecule has 0 radical (unpaired) electrons. The summed E-state index contributed by atoms with van der Waals surface area (Å²) in [5, 5.41) is 9.52. The Morgan fingerprint density at radius 3 is 2.72 bits per heavy atom. The number of nitriles is 1. The van der Waals surface area contributed by atoms with Crippen molar-refractivity contribution in [3.63, 3.8) is 0 Å². The summed E-state index contributed by atoms with van der Waals surface area (Å²) in [5.41, 5.74) is 4.39. The Bertz CT molecular complexity index is 945. The molecule has 1 aromatic heterocycles. The van der Waals surface area contributed by atoms with Gasteiger partial charge in [-0.15, -0.1) is 0 Å². The molecule has 2 aromatic carbocycles. The molecule has 0 aliphatic rings. The van der Waals surface area contributed by atoms with Gasteiger partial charge >= 0.3 is 0 Å². The Morgan fingerprint density at radius 1 is 1.28 bits per heavy atom. The number of rotatable bonds is 5. The van der Waals surface area contributed by atoms with Crippen molar-refractivity contribution >= 4 is 22.7 Å². The van der Waals surface area contributed by atoms with Crippen molar-refractivity contribution in [2.75, 3.05) is 0 Å². The van der Waals surface area contributed by atoms with Crippen molar-refractivity contribution in [3.05, 3.63) is 59.4 Å². The molecular formula is C21H21N3O. The number of aromatic nitrogens is 2. The van der Waals surface area contributed by atoms with Gasteiger partial charge in [-0.05, 0) is 61.7 Å². The minimum absolute atomic E-state index is 0.190. The third-order valence-corrected chi connectivity index (χ3v) is 4.12. The number of allylic oxidation sites excluding steroid dienone is 1. The normalized spacial score (nSPS) is 12.8. The average Bonchev–Trinajstić information content (AvgIpc) is 3.03. The zero-order chi connectivity index (χ0) is 17.8. The number of nitrogens with one attached hydrogen (secondary N) is 1. The average molecular weight is 331 g/mol. The first-order valence-electron chi connectivity index (χ1n) is 8.44. The molecule has 0 bridgehead atoms. The SMILES string of the molecule is CC[C@@H](C)Oc1ccc(/C=C(/C#N)c2nc3ccc(C)cc3[nH]2)cc1.